The first-order valence-corrected chi connectivity index (χ1v) is 6.32. The van der Waals surface area contributed by atoms with Crippen LogP contribution in [-0.2, 0) is 0 Å². The Kier molecular flexibility index (Phi) is 4.63. The van der Waals surface area contributed by atoms with Crippen LogP contribution in [0.3, 0.4) is 0 Å². The Morgan fingerprint density at radius 1 is 1.10 bits per heavy atom. The second kappa shape index (κ2) is 6.43. The van der Waals surface area contributed by atoms with Gasteiger partial charge in [0.25, 0.3) is 0 Å². The van der Waals surface area contributed by atoms with Gasteiger partial charge in [0.15, 0.2) is 0 Å². The highest BCUT2D eigenvalue weighted by Gasteiger charge is 2.14. The Labute approximate surface area is 115 Å². The van der Waals surface area contributed by atoms with Crippen LogP contribution >= 0.6 is 0 Å². The highest BCUT2D eigenvalue weighted by molar-refractivity contribution is 5.32. The number of aromatic nitrogens is 1. The molecular formula is C15H15F2NO2. The minimum absolute atomic E-state index is 0.136. The molecule has 0 fully saturated rings. The molecule has 106 valence electrons. The lowest BCUT2D eigenvalue weighted by atomic mass is 10.0. The molecule has 0 aliphatic rings. The van der Waals surface area contributed by atoms with Crippen molar-refractivity contribution in [1.29, 1.82) is 0 Å². The molecule has 1 N–H and O–H groups in total. The Balaban J connectivity index is 2.25. The predicted molar refractivity (Wildman–Crippen MR) is 70.4 cm³/mol. The number of halogens is 2. The normalized spacial score (nSPS) is 12.2. The van der Waals surface area contributed by atoms with Crippen molar-refractivity contribution in [2.24, 2.45) is 0 Å². The molecule has 0 radical (unpaired) electrons. The molecule has 0 saturated carbocycles. The second-order valence-electron chi connectivity index (χ2n) is 4.41. The summed E-state index contributed by atoms with van der Waals surface area (Å²) in [6.45, 7) is 2.51. The molecule has 3 nitrogen and oxygen atoms in total. The van der Waals surface area contributed by atoms with Crippen LogP contribution in [0.4, 0.5) is 8.78 Å². The first-order chi connectivity index (χ1) is 9.60. The molecule has 1 atom stereocenters. The molecule has 2 aromatic rings. The summed E-state index contributed by atoms with van der Waals surface area (Å²) in [7, 11) is 0. The van der Waals surface area contributed by atoms with E-state index >= 15 is 0 Å². The molecule has 0 aliphatic heterocycles. The zero-order valence-electron chi connectivity index (χ0n) is 11.0. The van der Waals surface area contributed by atoms with E-state index < -0.39 is 17.7 Å². The van der Waals surface area contributed by atoms with E-state index in [4.69, 9.17) is 4.74 Å². The van der Waals surface area contributed by atoms with E-state index in [-0.39, 0.29) is 5.56 Å². The van der Waals surface area contributed by atoms with Gasteiger partial charge in [0.05, 0.1) is 12.8 Å². The zero-order chi connectivity index (χ0) is 14.5. The van der Waals surface area contributed by atoms with E-state index in [2.05, 4.69) is 4.98 Å². The topological polar surface area (TPSA) is 42.4 Å². The molecular weight excluding hydrogens is 264 g/mol. The van der Waals surface area contributed by atoms with Crippen LogP contribution in [-0.4, -0.2) is 16.7 Å². The number of benzene rings is 1. The zero-order valence-corrected chi connectivity index (χ0v) is 11.0. The van der Waals surface area contributed by atoms with Crippen molar-refractivity contribution < 1.29 is 18.6 Å². The lowest BCUT2D eigenvalue weighted by Crippen LogP contribution is -2.03. The highest BCUT2D eigenvalue weighted by Crippen LogP contribution is 2.25. The van der Waals surface area contributed by atoms with Gasteiger partial charge < -0.3 is 9.84 Å². The predicted octanol–water partition coefficient (Wildman–Crippen LogP) is 3.23. The van der Waals surface area contributed by atoms with E-state index in [1.807, 2.05) is 6.92 Å². The molecule has 0 spiro atoms. The average Bonchev–Trinajstić information content (AvgIpc) is 2.43. The van der Waals surface area contributed by atoms with E-state index in [9.17, 15) is 13.9 Å². The maximum atomic E-state index is 13.2. The number of nitrogens with zero attached hydrogens (tertiary/aromatic N) is 1. The standard InChI is InChI=1S/C15H15F2NO2/c1-2-3-20-14-6-11(8-18-9-14)15(19)10-4-12(16)7-13(17)5-10/h4-9,15,19H,2-3H2,1H3. The molecule has 20 heavy (non-hydrogen) atoms. The van der Waals surface area contributed by atoms with Gasteiger partial charge in [-0.1, -0.05) is 6.92 Å². The van der Waals surface area contributed by atoms with Gasteiger partial charge in [0.1, 0.15) is 23.5 Å². The SMILES string of the molecule is CCCOc1cncc(C(O)c2cc(F)cc(F)c2)c1. The van der Waals surface area contributed by atoms with Gasteiger partial charge in [0, 0.05) is 17.8 Å². The van der Waals surface area contributed by atoms with Crippen LogP contribution < -0.4 is 4.74 Å². The molecule has 5 heteroatoms. The van der Waals surface area contributed by atoms with Crippen molar-refractivity contribution >= 4 is 0 Å². The Bertz CT molecular complexity index is 570. The molecule has 1 aromatic heterocycles. The third-order valence-electron chi connectivity index (χ3n) is 2.72. The maximum absolute atomic E-state index is 13.2. The minimum Gasteiger partial charge on any atom is -0.492 e. The lowest BCUT2D eigenvalue weighted by Gasteiger charge is -2.13. The number of aliphatic hydroxyl groups excluding tert-OH is 1. The highest BCUT2D eigenvalue weighted by atomic mass is 19.1. The summed E-state index contributed by atoms with van der Waals surface area (Å²) in [6, 6.07) is 4.55. The maximum Gasteiger partial charge on any atom is 0.137 e. The molecule has 1 heterocycles. The van der Waals surface area contributed by atoms with Gasteiger partial charge in [-0.2, -0.15) is 0 Å². The quantitative estimate of drug-likeness (QED) is 0.913. The van der Waals surface area contributed by atoms with Gasteiger partial charge >= 0.3 is 0 Å². The van der Waals surface area contributed by atoms with E-state index in [0.29, 0.717) is 17.9 Å². The van der Waals surface area contributed by atoms with Crippen molar-refractivity contribution in [2.75, 3.05) is 6.61 Å². The fourth-order valence-electron chi connectivity index (χ4n) is 1.81. The summed E-state index contributed by atoms with van der Waals surface area (Å²) < 4.78 is 31.7. The lowest BCUT2D eigenvalue weighted by molar-refractivity contribution is 0.217. The molecule has 2 rings (SSSR count). The van der Waals surface area contributed by atoms with Crippen LogP contribution in [0.2, 0.25) is 0 Å². The number of pyridine rings is 1. The third-order valence-corrected chi connectivity index (χ3v) is 2.72. The third kappa shape index (κ3) is 3.51. The molecule has 0 aliphatic carbocycles. The van der Waals surface area contributed by atoms with Gasteiger partial charge in [-0.25, -0.2) is 8.78 Å². The molecule has 1 unspecified atom stereocenters. The Morgan fingerprint density at radius 3 is 2.45 bits per heavy atom. The van der Waals surface area contributed by atoms with Crippen molar-refractivity contribution in [2.45, 2.75) is 19.4 Å². The van der Waals surface area contributed by atoms with Gasteiger partial charge in [0.2, 0.25) is 0 Å². The van der Waals surface area contributed by atoms with Crippen molar-refractivity contribution in [3.05, 3.63) is 59.4 Å². The monoisotopic (exact) mass is 279 g/mol. The number of hydrogen-bond donors (Lipinski definition) is 1. The first kappa shape index (κ1) is 14.4. The van der Waals surface area contributed by atoms with Crippen LogP contribution in [0.1, 0.15) is 30.6 Å². The smallest absolute Gasteiger partial charge is 0.137 e. The number of aliphatic hydroxyl groups is 1. The van der Waals surface area contributed by atoms with Crippen LogP contribution in [0.15, 0.2) is 36.7 Å². The molecule has 0 bridgehead atoms. The largest absolute Gasteiger partial charge is 0.492 e. The van der Waals surface area contributed by atoms with Crippen molar-refractivity contribution in [3.8, 4) is 5.75 Å². The molecule has 1 aromatic carbocycles. The van der Waals surface area contributed by atoms with Crippen LogP contribution in [0.5, 0.6) is 5.75 Å². The fraction of sp³-hybridized carbons (Fsp3) is 0.267. The fourth-order valence-corrected chi connectivity index (χ4v) is 1.81. The number of ether oxygens (including phenoxy) is 1. The van der Waals surface area contributed by atoms with Crippen molar-refractivity contribution in [3.63, 3.8) is 0 Å². The van der Waals surface area contributed by atoms with Crippen LogP contribution in [0, 0.1) is 11.6 Å². The molecule has 0 saturated heterocycles. The Hall–Kier alpha value is -2.01. The summed E-state index contributed by atoms with van der Waals surface area (Å²) >= 11 is 0. The van der Waals surface area contributed by atoms with Gasteiger partial charge in [-0.15, -0.1) is 0 Å². The number of hydrogen-bond acceptors (Lipinski definition) is 3. The summed E-state index contributed by atoms with van der Waals surface area (Å²) in [4.78, 5) is 3.96. The van der Waals surface area contributed by atoms with E-state index in [0.717, 1.165) is 24.6 Å². The van der Waals surface area contributed by atoms with Gasteiger partial charge in [-0.3, -0.25) is 4.98 Å². The first-order valence-electron chi connectivity index (χ1n) is 6.32. The second-order valence-corrected chi connectivity index (χ2v) is 4.41. The van der Waals surface area contributed by atoms with Crippen LogP contribution in [0.25, 0.3) is 0 Å². The van der Waals surface area contributed by atoms with Crippen molar-refractivity contribution in [1.82, 2.24) is 4.98 Å². The summed E-state index contributed by atoms with van der Waals surface area (Å²) in [5.41, 5.74) is 0.556. The van der Waals surface area contributed by atoms with Gasteiger partial charge in [-0.05, 0) is 30.2 Å². The summed E-state index contributed by atoms with van der Waals surface area (Å²) in [6.07, 6.45) is 2.66. The summed E-state index contributed by atoms with van der Waals surface area (Å²) in [5, 5.41) is 10.2. The number of rotatable bonds is 5. The summed E-state index contributed by atoms with van der Waals surface area (Å²) in [5.74, 6) is -0.948. The Morgan fingerprint density at radius 2 is 1.80 bits per heavy atom. The molecule has 0 amide bonds. The average molecular weight is 279 g/mol. The van der Waals surface area contributed by atoms with E-state index in [1.54, 1.807) is 6.07 Å². The minimum atomic E-state index is -1.15. The van der Waals surface area contributed by atoms with E-state index in [1.165, 1.54) is 12.4 Å².